The molecule has 0 aliphatic carbocycles. The number of aromatic hydroxyl groups is 1. The van der Waals surface area contributed by atoms with Gasteiger partial charge >= 0.3 is 0 Å². The fourth-order valence-corrected chi connectivity index (χ4v) is 1.80. The Kier molecular flexibility index (Phi) is 3.06. The molecule has 0 fully saturated rings. The fraction of sp³-hybridized carbons (Fsp3) is 0.143. The van der Waals surface area contributed by atoms with E-state index < -0.39 is 38.4 Å². The zero-order valence-corrected chi connectivity index (χ0v) is 8.37. The van der Waals surface area contributed by atoms with Crippen LogP contribution in [-0.2, 0) is 10.0 Å². The van der Waals surface area contributed by atoms with Crippen LogP contribution in [0.15, 0.2) is 11.1 Å². The molecule has 0 bridgehead atoms. The average molecular weight is 249 g/mol. The Hall–Kier alpha value is -1.79. The van der Waals surface area contributed by atoms with Gasteiger partial charge in [0.25, 0.3) is 6.43 Å². The van der Waals surface area contributed by atoms with Crippen molar-refractivity contribution in [2.24, 2.45) is 5.14 Å². The minimum absolute atomic E-state index is 0.593. The number of nitrogens with zero attached hydrogens (tertiary/aromatic N) is 2. The molecule has 0 unspecified atom stereocenters. The second kappa shape index (κ2) is 3.99. The summed E-state index contributed by atoms with van der Waals surface area (Å²) in [6.45, 7) is 0. The lowest BCUT2D eigenvalue weighted by Crippen LogP contribution is -2.15. The van der Waals surface area contributed by atoms with Crippen LogP contribution >= 0.6 is 0 Å². The normalized spacial score (nSPS) is 11.4. The van der Waals surface area contributed by atoms with Crippen LogP contribution in [-0.4, -0.2) is 18.5 Å². The molecule has 0 aliphatic rings. The molecule has 0 atom stereocenters. The average Bonchev–Trinajstić information content (AvgIpc) is 2.14. The Morgan fingerprint density at radius 3 is 2.50 bits per heavy atom. The van der Waals surface area contributed by atoms with E-state index in [-0.39, 0.29) is 0 Å². The first kappa shape index (κ1) is 12.3. The molecule has 86 valence electrons. The number of hydrogen-bond acceptors (Lipinski definition) is 5. The third-order valence-corrected chi connectivity index (χ3v) is 2.63. The topological polar surface area (TPSA) is 117 Å². The Morgan fingerprint density at radius 2 is 2.12 bits per heavy atom. The van der Waals surface area contributed by atoms with Gasteiger partial charge in [-0.25, -0.2) is 27.3 Å². The third kappa shape index (κ3) is 2.07. The van der Waals surface area contributed by atoms with Gasteiger partial charge in [-0.05, 0) is 0 Å². The number of alkyl halides is 2. The fourth-order valence-electron chi connectivity index (χ4n) is 1.03. The Bertz CT molecular complexity index is 565. The molecule has 1 aromatic heterocycles. The summed E-state index contributed by atoms with van der Waals surface area (Å²) in [7, 11) is -4.48. The number of pyridine rings is 1. The molecule has 1 heterocycles. The minimum Gasteiger partial charge on any atom is -0.504 e. The molecule has 16 heavy (non-hydrogen) atoms. The molecule has 0 saturated heterocycles. The highest BCUT2D eigenvalue weighted by Gasteiger charge is 2.26. The van der Waals surface area contributed by atoms with Crippen LogP contribution in [0.3, 0.4) is 0 Å². The van der Waals surface area contributed by atoms with E-state index in [1.807, 2.05) is 0 Å². The van der Waals surface area contributed by atoms with Crippen LogP contribution in [0, 0.1) is 11.3 Å². The molecule has 9 heteroatoms. The van der Waals surface area contributed by atoms with Gasteiger partial charge in [0.05, 0.1) is 5.56 Å². The van der Waals surface area contributed by atoms with E-state index in [9.17, 15) is 22.3 Å². The lowest BCUT2D eigenvalue weighted by atomic mass is 10.2. The zero-order chi connectivity index (χ0) is 12.5. The van der Waals surface area contributed by atoms with Crippen molar-refractivity contribution in [3.63, 3.8) is 0 Å². The molecule has 1 aromatic rings. The summed E-state index contributed by atoms with van der Waals surface area (Å²) in [4.78, 5) is 2.04. The van der Waals surface area contributed by atoms with Gasteiger partial charge in [0.15, 0.2) is 5.75 Å². The maximum absolute atomic E-state index is 12.3. The van der Waals surface area contributed by atoms with Crippen LogP contribution < -0.4 is 5.14 Å². The number of sulfonamides is 1. The number of nitrogens with two attached hydrogens (primary N) is 1. The molecule has 0 aliphatic heterocycles. The van der Waals surface area contributed by atoms with Gasteiger partial charge in [0.2, 0.25) is 10.0 Å². The number of nitriles is 1. The van der Waals surface area contributed by atoms with E-state index in [4.69, 9.17) is 10.4 Å². The van der Waals surface area contributed by atoms with E-state index >= 15 is 0 Å². The molecule has 0 amide bonds. The quantitative estimate of drug-likeness (QED) is 0.778. The van der Waals surface area contributed by atoms with Crippen molar-refractivity contribution in [3.8, 4) is 11.8 Å². The van der Waals surface area contributed by atoms with Crippen LogP contribution in [0.25, 0.3) is 0 Å². The van der Waals surface area contributed by atoms with E-state index in [0.29, 0.717) is 6.20 Å². The first-order valence-corrected chi connectivity index (χ1v) is 5.26. The molecule has 3 N–H and O–H groups in total. The van der Waals surface area contributed by atoms with Crippen molar-refractivity contribution >= 4 is 10.0 Å². The highest BCUT2D eigenvalue weighted by atomic mass is 32.2. The van der Waals surface area contributed by atoms with E-state index in [0.717, 1.165) is 0 Å². The lowest BCUT2D eigenvalue weighted by molar-refractivity contribution is 0.141. The summed E-state index contributed by atoms with van der Waals surface area (Å²) in [5.74, 6) is -1.29. The maximum atomic E-state index is 12.3. The number of rotatable bonds is 2. The molecule has 0 spiro atoms. The molecule has 0 radical (unpaired) electrons. The molecule has 1 rings (SSSR count). The number of halogens is 2. The monoisotopic (exact) mass is 249 g/mol. The Labute approximate surface area is 89.0 Å². The predicted octanol–water partition coefficient (Wildman–Crippen LogP) is 0.244. The highest BCUT2D eigenvalue weighted by Crippen LogP contribution is 2.33. The third-order valence-electron chi connectivity index (χ3n) is 1.65. The Morgan fingerprint density at radius 1 is 1.56 bits per heavy atom. The first-order valence-electron chi connectivity index (χ1n) is 3.72. The SMILES string of the molecule is N#Cc1cnc(C(F)F)c(O)c1S(N)(=O)=O. The largest absolute Gasteiger partial charge is 0.504 e. The number of primary sulfonamides is 1. The maximum Gasteiger partial charge on any atom is 0.284 e. The van der Waals surface area contributed by atoms with E-state index in [1.54, 1.807) is 0 Å². The van der Waals surface area contributed by atoms with Gasteiger partial charge in [0, 0.05) is 6.20 Å². The summed E-state index contributed by atoms with van der Waals surface area (Å²) in [5, 5.41) is 22.5. The van der Waals surface area contributed by atoms with Crippen LogP contribution in [0.4, 0.5) is 8.78 Å². The van der Waals surface area contributed by atoms with E-state index in [2.05, 4.69) is 4.98 Å². The van der Waals surface area contributed by atoms with Crippen molar-refractivity contribution in [2.45, 2.75) is 11.3 Å². The van der Waals surface area contributed by atoms with Crippen molar-refractivity contribution in [3.05, 3.63) is 17.5 Å². The molecule has 0 aromatic carbocycles. The van der Waals surface area contributed by atoms with Crippen molar-refractivity contribution in [1.29, 1.82) is 5.26 Å². The summed E-state index contributed by atoms with van der Waals surface area (Å²) in [5.41, 5.74) is -1.73. The second-order valence-corrected chi connectivity index (χ2v) is 4.19. The van der Waals surface area contributed by atoms with Crippen molar-refractivity contribution in [2.75, 3.05) is 0 Å². The van der Waals surface area contributed by atoms with Crippen molar-refractivity contribution < 1.29 is 22.3 Å². The molecular weight excluding hydrogens is 244 g/mol. The van der Waals surface area contributed by atoms with E-state index in [1.165, 1.54) is 6.07 Å². The zero-order valence-electron chi connectivity index (χ0n) is 7.55. The summed E-state index contributed by atoms with van der Waals surface area (Å²) >= 11 is 0. The van der Waals surface area contributed by atoms with Crippen LogP contribution in [0.2, 0.25) is 0 Å². The molecule has 6 nitrogen and oxygen atoms in total. The van der Waals surface area contributed by atoms with Gasteiger partial charge in [-0.3, -0.25) is 0 Å². The predicted molar refractivity (Wildman–Crippen MR) is 46.9 cm³/mol. The van der Waals surface area contributed by atoms with Gasteiger partial charge in [-0.15, -0.1) is 0 Å². The van der Waals surface area contributed by atoms with Crippen LogP contribution in [0.5, 0.6) is 5.75 Å². The number of hydrogen-bond donors (Lipinski definition) is 2. The van der Waals surface area contributed by atoms with Gasteiger partial charge in [-0.1, -0.05) is 0 Å². The summed E-state index contributed by atoms with van der Waals surface area (Å²) < 4.78 is 46.6. The standard InChI is InChI=1S/C7H5F2N3O3S/c8-7(9)4-5(13)6(16(11,14)15)3(1-10)2-12-4/h2,7,13H,(H2,11,14,15). The van der Waals surface area contributed by atoms with Gasteiger partial charge in [0.1, 0.15) is 16.7 Å². The van der Waals surface area contributed by atoms with Gasteiger partial charge < -0.3 is 5.11 Å². The molecular formula is C7H5F2N3O3S. The molecule has 0 saturated carbocycles. The first-order chi connectivity index (χ1) is 7.29. The van der Waals surface area contributed by atoms with Crippen molar-refractivity contribution in [1.82, 2.24) is 4.98 Å². The second-order valence-electron chi connectivity index (χ2n) is 2.69. The smallest absolute Gasteiger partial charge is 0.284 e. The van der Waals surface area contributed by atoms with Crippen LogP contribution in [0.1, 0.15) is 17.7 Å². The summed E-state index contributed by atoms with van der Waals surface area (Å²) in [6.07, 6.45) is -2.56. The minimum atomic E-state index is -4.48. The van der Waals surface area contributed by atoms with Gasteiger partial charge in [-0.2, -0.15) is 5.26 Å². The summed E-state index contributed by atoms with van der Waals surface area (Å²) in [6, 6.07) is 1.38. The lowest BCUT2D eigenvalue weighted by Gasteiger charge is -2.07. The highest BCUT2D eigenvalue weighted by molar-refractivity contribution is 7.89. The number of aromatic nitrogens is 1. The Balaban J connectivity index is 3.69.